The molecule has 0 aromatic heterocycles. The Bertz CT molecular complexity index is 801. The molecule has 0 saturated carbocycles. The van der Waals surface area contributed by atoms with Crippen molar-refractivity contribution in [2.45, 2.75) is 57.7 Å². The van der Waals surface area contributed by atoms with Crippen LogP contribution in [0.3, 0.4) is 0 Å². The van der Waals surface area contributed by atoms with Crippen LogP contribution < -0.4 is 5.32 Å². The summed E-state index contributed by atoms with van der Waals surface area (Å²) in [4.78, 5) is 30.3. The first-order chi connectivity index (χ1) is 14.5. The molecule has 2 saturated heterocycles. The molecule has 1 aromatic rings. The van der Waals surface area contributed by atoms with E-state index in [1.807, 2.05) is 37.8 Å². The predicted molar refractivity (Wildman–Crippen MR) is 124 cm³/mol. The van der Waals surface area contributed by atoms with Crippen molar-refractivity contribution in [1.29, 1.82) is 0 Å². The molecule has 0 aliphatic carbocycles. The van der Waals surface area contributed by atoms with Gasteiger partial charge < -0.3 is 19.9 Å². The number of nitrogens with one attached hydrogen (secondary N) is 1. The molecule has 1 aromatic carbocycles. The number of hydrogen-bond donors (Lipinski definition) is 1. The molecular formula is C23H35ClN4O3. The largest absolute Gasteiger partial charge is 0.444 e. The Hall–Kier alpha value is -1.99. The molecule has 2 fully saturated rings. The second-order valence-electron chi connectivity index (χ2n) is 9.72. The number of amides is 2. The van der Waals surface area contributed by atoms with Gasteiger partial charge in [-0.05, 0) is 58.2 Å². The summed E-state index contributed by atoms with van der Waals surface area (Å²) < 4.78 is 5.50. The number of rotatable bonds is 4. The molecule has 3 rings (SSSR count). The lowest BCUT2D eigenvalue weighted by Gasteiger charge is -2.37. The van der Waals surface area contributed by atoms with Gasteiger partial charge in [0.25, 0.3) is 5.91 Å². The number of halogens is 1. The summed E-state index contributed by atoms with van der Waals surface area (Å²) in [6.45, 7) is 9.19. The maximum Gasteiger partial charge on any atom is 0.410 e. The SMILES string of the molecule is CN(C)C(=O)c1ccc(N[C@H]2CCN(C3CCN(C(=O)OC(C)(C)C)CC3)C2)cc1Cl. The minimum absolute atomic E-state index is 0.0960. The highest BCUT2D eigenvalue weighted by Gasteiger charge is 2.33. The van der Waals surface area contributed by atoms with Crippen LogP contribution in [0.2, 0.25) is 5.02 Å². The van der Waals surface area contributed by atoms with Crippen LogP contribution in [0.15, 0.2) is 18.2 Å². The highest BCUT2D eigenvalue weighted by molar-refractivity contribution is 6.34. The van der Waals surface area contributed by atoms with Crippen LogP contribution in [0.4, 0.5) is 10.5 Å². The first-order valence-corrected chi connectivity index (χ1v) is 11.4. The van der Waals surface area contributed by atoms with Gasteiger partial charge in [-0.15, -0.1) is 0 Å². The van der Waals surface area contributed by atoms with Crippen molar-refractivity contribution in [3.8, 4) is 0 Å². The predicted octanol–water partition coefficient (Wildman–Crippen LogP) is 3.93. The van der Waals surface area contributed by atoms with Gasteiger partial charge in [0.1, 0.15) is 5.60 Å². The van der Waals surface area contributed by atoms with Crippen molar-refractivity contribution in [3.05, 3.63) is 28.8 Å². The minimum atomic E-state index is -0.456. The Balaban J connectivity index is 1.49. The van der Waals surface area contributed by atoms with Crippen molar-refractivity contribution in [3.63, 3.8) is 0 Å². The monoisotopic (exact) mass is 450 g/mol. The highest BCUT2D eigenvalue weighted by atomic mass is 35.5. The van der Waals surface area contributed by atoms with E-state index in [1.165, 1.54) is 4.90 Å². The number of anilines is 1. The molecule has 1 atom stereocenters. The van der Waals surface area contributed by atoms with Crippen LogP contribution in [-0.2, 0) is 4.74 Å². The number of hydrogen-bond acceptors (Lipinski definition) is 5. The molecule has 0 spiro atoms. The summed E-state index contributed by atoms with van der Waals surface area (Å²) in [6.07, 6.45) is 2.79. The number of likely N-dealkylation sites (tertiary alicyclic amines) is 2. The normalized spacial score (nSPS) is 20.6. The van der Waals surface area contributed by atoms with Gasteiger partial charge in [-0.3, -0.25) is 9.69 Å². The van der Waals surface area contributed by atoms with E-state index in [9.17, 15) is 9.59 Å². The van der Waals surface area contributed by atoms with Gasteiger partial charge in [-0.25, -0.2) is 4.79 Å². The fraction of sp³-hybridized carbons (Fsp3) is 0.652. The first kappa shape index (κ1) is 23.7. The second kappa shape index (κ2) is 9.65. The van der Waals surface area contributed by atoms with E-state index in [2.05, 4.69) is 10.2 Å². The maximum absolute atomic E-state index is 12.3. The fourth-order valence-electron chi connectivity index (χ4n) is 4.23. The molecule has 0 radical (unpaired) electrons. The van der Waals surface area contributed by atoms with Crippen molar-refractivity contribution < 1.29 is 14.3 Å². The lowest BCUT2D eigenvalue weighted by atomic mass is 10.0. The van der Waals surface area contributed by atoms with Crippen LogP contribution in [0.5, 0.6) is 0 Å². The van der Waals surface area contributed by atoms with E-state index >= 15 is 0 Å². The third-order valence-electron chi connectivity index (χ3n) is 5.83. The Labute approximate surface area is 190 Å². The summed E-state index contributed by atoms with van der Waals surface area (Å²) in [7, 11) is 3.44. The summed E-state index contributed by atoms with van der Waals surface area (Å²) >= 11 is 6.34. The number of piperidine rings is 1. The molecule has 2 aliphatic rings. The Kier molecular flexibility index (Phi) is 7.37. The minimum Gasteiger partial charge on any atom is -0.444 e. The summed E-state index contributed by atoms with van der Waals surface area (Å²) in [5.41, 5.74) is 0.997. The van der Waals surface area contributed by atoms with Gasteiger partial charge in [-0.1, -0.05) is 11.6 Å². The van der Waals surface area contributed by atoms with Crippen LogP contribution in [-0.4, -0.2) is 84.7 Å². The Morgan fingerprint density at radius 3 is 2.39 bits per heavy atom. The van der Waals surface area contributed by atoms with E-state index in [4.69, 9.17) is 16.3 Å². The molecular weight excluding hydrogens is 416 g/mol. The van der Waals surface area contributed by atoms with E-state index < -0.39 is 5.60 Å². The van der Waals surface area contributed by atoms with E-state index in [1.54, 1.807) is 20.2 Å². The third kappa shape index (κ3) is 6.26. The molecule has 2 aliphatic heterocycles. The van der Waals surface area contributed by atoms with Gasteiger partial charge in [0, 0.05) is 58.0 Å². The molecule has 172 valence electrons. The Morgan fingerprint density at radius 1 is 1.13 bits per heavy atom. The number of carbonyl (C=O) groups is 2. The number of benzene rings is 1. The molecule has 0 bridgehead atoms. The Morgan fingerprint density at radius 2 is 1.81 bits per heavy atom. The lowest BCUT2D eigenvalue weighted by Crippen LogP contribution is -2.47. The smallest absolute Gasteiger partial charge is 0.410 e. The van der Waals surface area contributed by atoms with E-state index in [0.717, 1.165) is 51.1 Å². The fourth-order valence-corrected chi connectivity index (χ4v) is 4.49. The lowest BCUT2D eigenvalue weighted by molar-refractivity contribution is 0.0155. The second-order valence-corrected chi connectivity index (χ2v) is 10.1. The molecule has 8 heteroatoms. The highest BCUT2D eigenvalue weighted by Crippen LogP contribution is 2.26. The molecule has 0 unspecified atom stereocenters. The standard InChI is InChI=1S/C23H35ClN4O3/c1-23(2,3)31-22(30)27-12-9-18(10-13-27)28-11-8-17(15-28)25-16-6-7-19(20(24)14-16)21(29)26(4)5/h6-7,14,17-18,25H,8-13,15H2,1-5H3/t17-/m0/s1. The van der Waals surface area contributed by atoms with Crippen molar-refractivity contribution in [1.82, 2.24) is 14.7 Å². The molecule has 7 nitrogen and oxygen atoms in total. The van der Waals surface area contributed by atoms with Crippen LogP contribution in [0.1, 0.15) is 50.4 Å². The summed E-state index contributed by atoms with van der Waals surface area (Å²) in [5, 5.41) is 4.03. The van der Waals surface area contributed by atoms with Gasteiger partial charge in [0.05, 0.1) is 10.6 Å². The van der Waals surface area contributed by atoms with Crippen molar-refractivity contribution in [2.24, 2.45) is 0 Å². The first-order valence-electron chi connectivity index (χ1n) is 11.0. The number of ether oxygens (including phenoxy) is 1. The quantitative estimate of drug-likeness (QED) is 0.752. The van der Waals surface area contributed by atoms with Gasteiger partial charge in [0.15, 0.2) is 0 Å². The zero-order valence-corrected chi connectivity index (χ0v) is 20.0. The number of nitrogens with zero attached hydrogens (tertiary/aromatic N) is 3. The van der Waals surface area contributed by atoms with Crippen molar-refractivity contribution in [2.75, 3.05) is 45.6 Å². The topological polar surface area (TPSA) is 65.1 Å². The zero-order valence-electron chi connectivity index (χ0n) is 19.3. The van der Waals surface area contributed by atoms with E-state index in [-0.39, 0.29) is 12.0 Å². The number of carbonyl (C=O) groups excluding carboxylic acids is 2. The van der Waals surface area contributed by atoms with E-state index in [0.29, 0.717) is 22.7 Å². The molecule has 31 heavy (non-hydrogen) atoms. The molecule has 2 heterocycles. The van der Waals surface area contributed by atoms with Crippen LogP contribution in [0, 0.1) is 0 Å². The third-order valence-corrected chi connectivity index (χ3v) is 6.14. The van der Waals surface area contributed by atoms with Gasteiger partial charge >= 0.3 is 6.09 Å². The zero-order chi connectivity index (χ0) is 22.8. The van der Waals surface area contributed by atoms with Crippen LogP contribution in [0.25, 0.3) is 0 Å². The maximum atomic E-state index is 12.3. The average Bonchev–Trinajstić information content (AvgIpc) is 3.15. The molecule has 1 N–H and O–H groups in total. The summed E-state index contributed by atoms with van der Waals surface area (Å²) in [5.74, 6) is -0.0960. The van der Waals surface area contributed by atoms with Crippen LogP contribution >= 0.6 is 11.6 Å². The summed E-state index contributed by atoms with van der Waals surface area (Å²) in [6, 6.07) is 6.38. The van der Waals surface area contributed by atoms with Gasteiger partial charge in [0.2, 0.25) is 0 Å². The molecule has 2 amide bonds. The average molecular weight is 451 g/mol. The van der Waals surface area contributed by atoms with Crippen molar-refractivity contribution >= 4 is 29.3 Å². The van der Waals surface area contributed by atoms with Gasteiger partial charge in [-0.2, -0.15) is 0 Å².